The van der Waals surface area contributed by atoms with Crippen molar-refractivity contribution < 1.29 is 13.5 Å². The van der Waals surface area contributed by atoms with Gasteiger partial charge in [0.2, 0.25) is 0 Å². The first-order valence-electron chi connectivity index (χ1n) is 3.72. The third kappa shape index (κ3) is 0.667. The number of rotatable bonds is 0. The second-order valence-electron chi connectivity index (χ2n) is 3.72. The lowest BCUT2D eigenvalue weighted by Crippen LogP contribution is -2.49. The predicted octanol–water partition coefficient (Wildman–Crippen LogP) is 0.902. The van der Waals surface area contributed by atoms with E-state index in [2.05, 4.69) is 0 Å². The zero-order chi connectivity index (χ0) is 8.33. The fraction of sp³-hybridized carbons (Fsp3) is 1.00. The van der Waals surface area contributed by atoms with E-state index in [1.165, 1.54) is 0 Å². The van der Waals surface area contributed by atoms with Crippen LogP contribution in [0, 0.1) is 0 Å². The fourth-order valence-electron chi connectivity index (χ4n) is 1.85. The summed E-state index contributed by atoms with van der Waals surface area (Å²) >= 11 is 0. The molecule has 0 aromatic rings. The molecular weight excluding hydrogens is 152 g/mol. The summed E-state index contributed by atoms with van der Waals surface area (Å²) in [5.41, 5.74) is 3.53. The highest BCUT2D eigenvalue weighted by Crippen LogP contribution is 2.63. The monoisotopic (exact) mass is 163 g/mol. The van der Waals surface area contributed by atoms with Gasteiger partial charge in [-0.05, 0) is 13.3 Å². The molecular formula is C7H11F2NO. The van der Waals surface area contributed by atoms with E-state index in [1.54, 1.807) is 6.92 Å². The number of halogens is 2. The highest BCUT2D eigenvalue weighted by Gasteiger charge is 2.80. The molecule has 2 rings (SSSR count). The molecule has 0 bridgehead atoms. The second-order valence-corrected chi connectivity index (χ2v) is 3.72. The van der Waals surface area contributed by atoms with Crippen LogP contribution in [0.2, 0.25) is 0 Å². The van der Waals surface area contributed by atoms with Gasteiger partial charge < -0.3 is 10.5 Å². The van der Waals surface area contributed by atoms with Crippen LogP contribution in [-0.4, -0.2) is 23.7 Å². The highest BCUT2D eigenvalue weighted by molar-refractivity contribution is 5.26. The van der Waals surface area contributed by atoms with Gasteiger partial charge in [0.1, 0.15) is 0 Å². The Labute approximate surface area is 63.7 Å². The fourth-order valence-corrected chi connectivity index (χ4v) is 1.85. The van der Waals surface area contributed by atoms with Crippen molar-refractivity contribution in [2.45, 2.75) is 36.8 Å². The van der Waals surface area contributed by atoms with Crippen molar-refractivity contribution in [2.75, 3.05) is 6.61 Å². The molecule has 2 atom stereocenters. The van der Waals surface area contributed by atoms with E-state index in [9.17, 15) is 8.78 Å². The summed E-state index contributed by atoms with van der Waals surface area (Å²) in [4.78, 5) is 0. The van der Waals surface area contributed by atoms with E-state index in [1.807, 2.05) is 0 Å². The number of nitrogens with two attached hydrogens (primary N) is 1. The quantitative estimate of drug-likeness (QED) is 0.576. The minimum Gasteiger partial charge on any atom is -0.366 e. The molecule has 0 aromatic heterocycles. The maximum atomic E-state index is 12.8. The molecule has 2 aliphatic rings. The Morgan fingerprint density at radius 3 is 2.18 bits per heavy atom. The van der Waals surface area contributed by atoms with Gasteiger partial charge in [-0.1, -0.05) is 0 Å². The summed E-state index contributed by atoms with van der Waals surface area (Å²) in [6, 6.07) is 0. The lowest BCUT2D eigenvalue weighted by Gasteiger charge is -2.24. The first-order chi connectivity index (χ1) is 4.91. The number of ether oxygens (including phenoxy) is 1. The van der Waals surface area contributed by atoms with E-state index in [4.69, 9.17) is 10.5 Å². The van der Waals surface area contributed by atoms with Crippen molar-refractivity contribution in [2.24, 2.45) is 5.73 Å². The molecule has 1 aliphatic carbocycles. The molecule has 2 nitrogen and oxygen atoms in total. The minimum atomic E-state index is -2.69. The molecule has 0 aromatic carbocycles. The molecule has 11 heavy (non-hydrogen) atoms. The van der Waals surface area contributed by atoms with Crippen molar-refractivity contribution in [3.8, 4) is 0 Å². The maximum absolute atomic E-state index is 12.8. The largest absolute Gasteiger partial charge is 0.366 e. The third-order valence-corrected chi connectivity index (χ3v) is 2.83. The molecule has 1 saturated carbocycles. The second kappa shape index (κ2) is 1.59. The SMILES string of the molecule is CC1(N)CCOC12CC2(F)F. The van der Waals surface area contributed by atoms with Gasteiger partial charge in [0.05, 0.1) is 12.0 Å². The summed E-state index contributed by atoms with van der Waals surface area (Å²) in [6.07, 6.45) is 0.329. The summed E-state index contributed by atoms with van der Waals surface area (Å²) in [7, 11) is 0. The first kappa shape index (κ1) is 7.43. The van der Waals surface area contributed by atoms with Crippen LogP contribution in [0.1, 0.15) is 19.8 Å². The van der Waals surface area contributed by atoms with Gasteiger partial charge >= 0.3 is 0 Å². The topological polar surface area (TPSA) is 35.2 Å². The molecule has 4 heteroatoms. The first-order valence-corrected chi connectivity index (χ1v) is 3.72. The van der Waals surface area contributed by atoms with Gasteiger partial charge in [0.15, 0.2) is 5.60 Å². The maximum Gasteiger partial charge on any atom is 0.281 e. The number of alkyl halides is 2. The van der Waals surface area contributed by atoms with E-state index < -0.39 is 17.1 Å². The van der Waals surface area contributed by atoms with Gasteiger partial charge in [0, 0.05) is 6.61 Å². The van der Waals surface area contributed by atoms with Gasteiger partial charge in [-0.3, -0.25) is 0 Å². The Bertz CT molecular complexity index is 201. The van der Waals surface area contributed by atoms with Crippen LogP contribution in [0.3, 0.4) is 0 Å². The van der Waals surface area contributed by atoms with Crippen LogP contribution in [0.5, 0.6) is 0 Å². The number of hydrogen-bond donors (Lipinski definition) is 1. The summed E-state index contributed by atoms with van der Waals surface area (Å²) in [5, 5.41) is 0. The molecule has 2 fully saturated rings. The van der Waals surface area contributed by atoms with Crippen LogP contribution in [0.4, 0.5) is 8.78 Å². The Balaban J connectivity index is 2.29. The average Bonchev–Trinajstić information content (AvgIpc) is 2.23. The molecule has 1 aliphatic heterocycles. The van der Waals surface area contributed by atoms with Crippen LogP contribution in [0.15, 0.2) is 0 Å². The normalized spacial score (nSPS) is 53.5. The summed E-state index contributed by atoms with van der Waals surface area (Å²) < 4.78 is 30.6. The van der Waals surface area contributed by atoms with Gasteiger partial charge in [-0.15, -0.1) is 0 Å². The van der Waals surface area contributed by atoms with Crippen LogP contribution in [-0.2, 0) is 4.74 Å². The molecule has 2 unspecified atom stereocenters. The highest BCUT2D eigenvalue weighted by atomic mass is 19.3. The van der Waals surface area contributed by atoms with Gasteiger partial charge in [0.25, 0.3) is 5.92 Å². The van der Waals surface area contributed by atoms with Gasteiger partial charge in [-0.25, -0.2) is 8.78 Å². The van der Waals surface area contributed by atoms with Crippen molar-refractivity contribution in [1.82, 2.24) is 0 Å². The summed E-state index contributed by atoms with van der Waals surface area (Å²) in [5.74, 6) is -2.69. The molecule has 1 saturated heterocycles. The van der Waals surface area contributed by atoms with Crippen LogP contribution >= 0.6 is 0 Å². The molecule has 64 valence electrons. The van der Waals surface area contributed by atoms with Crippen LogP contribution in [0.25, 0.3) is 0 Å². The van der Waals surface area contributed by atoms with Gasteiger partial charge in [-0.2, -0.15) is 0 Å². The van der Waals surface area contributed by atoms with Crippen molar-refractivity contribution >= 4 is 0 Å². The predicted molar refractivity (Wildman–Crippen MR) is 35.5 cm³/mol. The zero-order valence-corrected chi connectivity index (χ0v) is 6.36. The number of hydrogen-bond acceptors (Lipinski definition) is 2. The van der Waals surface area contributed by atoms with E-state index >= 15 is 0 Å². The Morgan fingerprint density at radius 1 is 1.45 bits per heavy atom. The minimum absolute atomic E-state index is 0.201. The molecule has 0 radical (unpaired) electrons. The molecule has 2 N–H and O–H groups in total. The summed E-state index contributed by atoms with van der Waals surface area (Å²) in [6.45, 7) is 2.00. The Morgan fingerprint density at radius 2 is 2.00 bits per heavy atom. The van der Waals surface area contributed by atoms with E-state index in [0.29, 0.717) is 13.0 Å². The smallest absolute Gasteiger partial charge is 0.281 e. The third-order valence-electron chi connectivity index (χ3n) is 2.83. The van der Waals surface area contributed by atoms with E-state index in [0.717, 1.165) is 0 Å². The van der Waals surface area contributed by atoms with Crippen molar-refractivity contribution in [1.29, 1.82) is 0 Å². The lowest BCUT2D eigenvalue weighted by atomic mass is 9.92. The Kier molecular flexibility index (Phi) is 1.07. The zero-order valence-electron chi connectivity index (χ0n) is 6.36. The lowest BCUT2D eigenvalue weighted by molar-refractivity contribution is -0.0429. The molecule has 1 spiro atoms. The van der Waals surface area contributed by atoms with Crippen LogP contribution < -0.4 is 5.73 Å². The molecule has 0 amide bonds. The van der Waals surface area contributed by atoms with Crippen molar-refractivity contribution in [3.05, 3.63) is 0 Å². The van der Waals surface area contributed by atoms with E-state index in [-0.39, 0.29) is 6.42 Å². The standard InChI is InChI=1S/C7H11F2NO/c1-5(10)2-3-11-6(5)4-7(6,8)9/h2-4,10H2,1H3. The average molecular weight is 163 g/mol. The molecule has 1 heterocycles. The van der Waals surface area contributed by atoms with Crippen molar-refractivity contribution in [3.63, 3.8) is 0 Å². The Hall–Kier alpha value is -0.220.